The molecule has 4 aromatic rings. The molecule has 0 unspecified atom stereocenters. The lowest BCUT2D eigenvalue weighted by Gasteiger charge is -2.25. The zero-order valence-corrected chi connectivity index (χ0v) is 17.3. The van der Waals surface area contributed by atoms with Gasteiger partial charge < -0.3 is 0 Å². The molecular weight excluding hydrogens is 444 g/mol. The predicted octanol–water partition coefficient (Wildman–Crippen LogP) is 7.08. The van der Waals surface area contributed by atoms with E-state index in [0.29, 0.717) is 23.0 Å². The molecule has 1 fully saturated rings. The second-order valence-corrected chi connectivity index (χ2v) is 8.27. The summed E-state index contributed by atoms with van der Waals surface area (Å²) >= 11 is 0. The molecule has 3 nitrogen and oxygen atoms in total. The average Bonchev–Trinajstić information content (AvgIpc) is 3.03. The highest BCUT2D eigenvalue weighted by Crippen LogP contribution is 2.43. The van der Waals surface area contributed by atoms with Gasteiger partial charge in [-0.05, 0) is 55.7 Å². The van der Waals surface area contributed by atoms with Crippen molar-refractivity contribution in [1.82, 2.24) is 14.4 Å². The molecule has 2 aromatic carbocycles. The Balaban J connectivity index is 1.75. The molecule has 0 N–H and O–H groups in total. The average molecular weight is 461 g/mol. The van der Waals surface area contributed by atoms with Crippen LogP contribution in [-0.2, 0) is 6.18 Å². The van der Waals surface area contributed by atoms with Crippen molar-refractivity contribution < 1.29 is 26.3 Å². The Morgan fingerprint density at radius 1 is 0.970 bits per heavy atom. The van der Waals surface area contributed by atoms with Crippen LogP contribution in [0.5, 0.6) is 0 Å². The van der Waals surface area contributed by atoms with Crippen LogP contribution in [0.15, 0.2) is 42.7 Å². The number of imidazole rings is 1. The van der Waals surface area contributed by atoms with Gasteiger partial charge in [-0.1, -0.05) is 6.42 Å². The van der Waals surface area contributed by atoms with Crippen LogP contribution in [0.4, 0.5) is 26.3 Å². The Bertz CT molecular complexity index is 1360. The lowest BCUT2D eigenvalue weighted by Crippen LogP contribution is -2.11. The molecule has 0 radical (unpaired) electrons. The molecule has 2 heterocycles. The van der Waals surface area contributed by atoms with Gasteiger partial charge in [0.2, 0.25) is 0 Å². The molecule has 0 aliphatic heterocycles. The van der Waals surface area contributed by atoms with Crippen molar-refractivity contribution in [2.45, 2.75) is 38.3 Å². The Labute approximate surface area is 184 Å². The standard InChI is InChI=1S/C24H17F6N3/c1-12-7-17(26)21(18(27)8-12)23-22(13-3-2-4-13)32-20-10-31-19(11-33(20)23)14-5-6-16(25)15(9-14)24(28,29)30/h5-11,13H,2-4H2,1H3. The lowest BCUT2D eigenvalue weighted by molar-refractivity contribution is -0.139. The number of aromatic nitrogens is 3. The number of fused-ring (bicyclic) bond motifs is 1. The molecular formula is C24H17F6N3. The maximum absolute atomic E-state index is 15.0. The number of hydrogen-bond acceptors (Lipinski definition) is 2. The van der Waals surface area contributed by atoms with E-state index in [9.17, 15) is 26.3 Å². The molecule has 1 aliphatic carbocycles. The first-order valence-electron chi connectivity index (χ1n) is 10.3. The lowest BCUT2D eigenvalue weighted by atomic mass is 9.81. The fourth-order valence-corrected chi connectivity index (χ4v) is 4.16. The van der Waals surface area contributed by atoms with Crippen molar-refractivity contribution in [2.24, 2.45) is 0 Å². The van der Waals surface area contributed by atoms with E-state index in [1.54, 1.807) is 6.92 Å². The van der Waals surface area contributed by atoms with Gasteiger partial charge >= 0.3 is 6.18 Å². The first-order valence-corrected chi connectivity index (χ1v) is 10.3. The topological polar surface area (TPSA) is 30.2 Å². The van der Waals surface area contributed by atoms with Crippen LogP contribution in [0.3, 0.4) is 0 Å². The van der Waals surface area contributed by atoms with E-state index in [-0.39, 0.29) is 28.4 Å². The largest absolute Gasteiger partial charge is 0.419 e. The fraction of sp³-hybridized carbons (Fsp3) is 0.250. The second kappa shape index (κ2) is 7.60. The minimum Gasteiger partial charge on any atom is -0.296 e. The zero-order valence-electron chi connectivity index (χ0n) is 17.3. The summed E-state index contributed by atoms with van der Waals surface area (Å²) in [7, 11) is 0. The summed E-state index contributed by atoms with van der Waals surface area (Å²) in [5.41, 5.74) is -0.0985. The van der Waals surface area contributed by atoms with E-state index < -0.39 is 29.2 Å². The maximum Gasteiger partial charge on any atom is 0.419 e. The third-order valence-electron chi connectivity index (χ3n) is 6.02. The molecule has 1 saturated carbocycles. The van der Waals surface area contributed by atoms with Crippen molar-refractivity contribution in [3.05, 3.63) is 77.0 Å². The van der Waals surface area contributed by atoms with E-state index in [2.05, 4.69) is 9.97 Å². The summed E-state index contributed by atoms with van der Waals surface area (Å²) in [6, 6.07) is 5.01. The normalized spacial score (nSPS) is 14.6. The molecule has 170 valence electrons. The summed E-state index contributed by atoms with van der Waals surface area (Å²) in [6.07, 6.45) is 0.442. The summed E-state index contributed by atoms with van der Waals surface area (Å²) in [5, 5.41) is 0. The Morgan fingerprint density at radius 2 is 1.67 bits per heavy atom. The fourth-order valence-electron chi connectivity index (χ4n) is 4.16. The number of alkyl halides is 3. The molecule has 0 bridgehead atoms. The number of aryl methyl sites for hydroxylation is 1. The van der Waals surface area contributed by atoms with Crippen molar-refractivity contribution in [2.75, 3.05) is 0 Å². The maximum atomic E-state index is 15.0. The molecule has 0 saturated heterocycles. The monoisotopic (exact) mass is 461 g/mol. The molecule has 2 aromatic heterocycles. The molecule has 9 heteroatoms. The van der Waals surface area contributed by atoms with E-state index >= 15 is 0 Å². The van der Waals surface area contributed by atoms with Crippen LogP contribution in [0, 0.1) is 24.4 Å². The smallest absolute Gasteiger partial charge is 0.296 e. The first kappa shape index (κ1) is 21.5. The number of benzene rings is 2. The van der Waals surface area contributed by atoms with E-state index in [4.69, 9.17) is 0 Å². The summed E-state index contributed by atoms with van der Waals surface area (Å²) in [6.45, 7) is 1.58. The molecule has 1 aliphatic rings. The van der Waals surface area contributed by atoms with Gasteiger partial charge in [0.1, 0.15) is 17.5 Å². The molecule has 33 heavy (non-hydrogen) atoms. The molecule has 0 atom stereocenters. The second-order valence-electron chi connectivity index (χ2n) is 8.27. The predicted molar refractivity (Wildman–Crippen MR) is 110 cm³/mol. The SMILES string of the molecule is Cc1cc(F)c(-c2c(C3CCC3)nc3cnc(-c4ccc(F)c(C(F)(F)F)c4)cn23)c(F)c1. The van der Waals surface area contributed by atoms with Gasteiger partial charge in [0.05, 0.1) is 34.4 Å². The minimum absolute atomic E-state index is 0.0142. The molecule has 0 spiro atoms. The zero-order chi connectivity index (χ0) is 23.5. The number of rotatable bonds is 3. The van der Waals surface area contributed by atoms with Crippen molar-refractivity contribution >= 4 is 5.65 Å². The summed E-state index contributed by atoms with van der Waals surface area (Å²) in [4.78, 5) is 8.73. The summed E-state index contributed by atoms with van der Waals surface area (Å²) in [5.74, 6) is -2.89. The van der Waals surface area contributed by atoms with Gasteiger partial charge in [-0.2, -0.15) is 13.2 Å². The van der Waals surface area contributed by atoms with Gasteiger partial charge in [-0.25, -0.2) is 18.2 Å². The van der Waals surface area contributed by atoms with Crippen LogP contribution in [0.1, 0.15) is 42.0 Å². The van der Waals surface area contributed by atoms with E-state index in [1.807, 2.05) is 0 Å². The summed E-state index contributed by atoms with van der Waals surface area (Å²) < 4.78 is 84.6. The third kappa shape index (κ3) is 3.65. The van der Waals surface area contributed by atoms with Crippen molar-refractivity contribution in [1.29, 1.82) is 0 Å². The van der Waals surface area contributed by atoms with Crippen molar-refractivity contribution in [3.8, 4) is 22.5 Å². The first-order chi connectivity index (χ1) is 15.6. The highest BCUT2D eigenvalue weighted by atomic mass is 19.4. The van der Waals surface area contributed by atoms with Crippen LogP contribution in [-0.4, -0.2) is 14.4 Å². The highest BCUT2D eigenvalue weighted by molar-refractivity contribution is 5.71. The minimum atomic E-state index is -4.88. The molecule has 0 amide bonds. The van der Waals surface area contributed by atoms with Gasteiger partial charge in [0.25, 0.3) is 0 Å². The van der Waals surface area contributed by atoms with Gasteiger partial charge in [-0.15, -0.1) is 0 Å². The Hall–Kier alpha value is -3.36. The van der Waals surface area contributed by atoms with Crippen LogP contribution < -0.4 is 0 Å². The Kier molecular flexibility index (Phi) is 4.95. The number of nitrogens with zero attached hydrogens (tertiary/aromatic N) is 3. The number of halogens is 6. The van der Waals surface area contributed by atoms with Gasteiger partial charge in [-0.3, -0.25) is 9.38 Å². The third-order valence-corrected chi connectivity index (χ3v) is 6.02. The highest BCUT2D eigenvalue weighted by Gasteiger charge is 2.34. The van der Waals surface area contributed by atoms with Gasteiger partial charge in [0.15, 0.2) is 5.65 Å². The van der Waals surface area contributed by atoms with E-state index in [0.717, 1.165) is 25.3 Å². The van der Waals surface area contributed by atoms with Crippen LogP contribution in [0.2, 0.25) is 0 Å². The Morgan fingerprint density at radius 3 is 2.27 bits per heavy atom. The van der Waals surface area contributed by atoms with Crippen LogP contribution >= 0.6 is 0 Å². The molecule has 5 rings (SSSR count). The van der Waals surface area contributed by atoms with Crippen LogP contribution in [0.25, 0.3) is 28.2 Å². The number of hydrogen-bond donors (Lipinski definition) is 0. The quantitative estimate of drug-likeness (QED) is 0.305. The van der Waals surface area contributed by atoms with Gasteiger partial charge in [0, 0.05) is 17.7 Å². The van der Waals surface area contributed by atoms with E-state index in [1.165, 1.54) is 35.0 Å². The van der Waals surface area contributed by atoms with Crippen molar-refractivity contribution in [3.63, 3.8) is 0 Å².